The molecule has 1 amide bonds. The molecule has 3 nitrogen and oxygen atoms in total. The van der Waals surface area contributed by atoms with Crippen LogP contribution in [0.1, 0.15) is 0 Å². The number of carbonyl (C=O) groups excluding carboxylic acids is 1. The zero-order valence-electron chi connectivity index (χ0n) is 9.93. The van der Waals surface area contributed by atoms with Crippen LogP contribution < -0.4 is 10.1 Å². The van der Waals surface area contributed by atoms with E-state index in [1.807, 2.05) is 12.1 Å². The number of anilines is 1. The Morgan fingerprint density at radius 1 is 1.16 bits per heavy atom. The van der Waals surface area contributed by atoms with Crippen molar-refractivity contribution in [1.82, 2.24) is 0 Å². The van der Waals surface area contributed by atoms with Gasteiger partial charge in [0.1, 0.15) is 5.75 Å². The largest absolute Gasteiger partial charge is 0.778 e. The molecule has 1 N–H and O–H groups in total. The summed E-state index contributed by atoms with van der Waals surface area (Å²) in [7, 11) is 0. The molecule has 0 saturated carbocycles. The molecule has 0 aromatic heterocycles. The molecule has 0 spiro atoms. The number of hydrogen-bond acceptors (Lipinski definition) is 3. The number of halogens is 1. The molecule has 0 atom stereocenters. The van der Waals surface area contributed by atoms with Crippen molar-refractivity contribution in [2.75, 3.05) is 11.9 Å². The summed E-state index contributed by atoms with van der Waals surface area (Å²) < 4.78 is 5.33. The Balaban J connectivity index is 1.88. The van der Waals surface area contributed by atoms with Crippen LogP contribution in [0.25, 0.3) is 0 Å². The van der Waals surface area contributed by atoms with E-state index in [4.69, 9.17) is 29.0 Å². The maximum Gasteiger partial charge on any atom is 0.262 e. The van der Waals surface area contributed by atoms with Crippen molar-refractivity contribution in [2.45, 2.75) is 4.90 Å². The van der Waals surface area contributed by atoms with Crippen molar-refractivity contribution < 1.29 is 9.53 Å². The molecule has 0 aliphatic heterocycles. The molecular formula is C14H11ClNO2S-. The van der Waals surface area contributed by atoms with E-state index in [1.165, 1.54) is 0 Å². The third-order valence-corrected chi connectivity index (χ3v) is 2.95. The minimum atomic E-state index is -0.257. The van der Waals surface area contributed by atoms with Crippen LogP contribution in [0.4, 0.5) is 5.69 Å². The predicted molar refractivity (Wildman–Crippen MR) is 77.6 cm³/mol. The highest BCUT2D eigenvalue weighted by Crippen LogP contribution is 2.16. The summed E-state index contributed by atoms with van der Waals surface area (Å²) >= 11 is 10.8. The minimum absolute atomic E-state index is 0.0781. The average Bonchev–Trinajstić information content (AvgIpc) is 2.41. The first-order chi connectivity index (χ1) is 9.15. The lowest BCUT2D eigenvalue weighted by molar-refractivity contribution is -0.118. The number of nitrogens with one attached hydrogen (secondary N) is 1. The van der Waals surface area contributed by atoms with E-state index in [0.717, 1.165) is 0 Å². The quantitative estimate of drug-likeness (QED) is 0.879. The molecule has 98 valence electrons. The van der Waals surface area contributed by atoms with Crippen molar-refractivity contribution in [3.8, 4) is 5.75 Å². The van der Waals surface area contributed by atoms with Crippen LogP contribution in [-0.4, -0.2) is 12.5 Å². The normalized spacial score (nSPS) is 9.95. The molecule has 2 rings (SSSR count). The van der Waals surface area contributed by atoms with Crippen LogP contribution in [-0.2, 0) is 17.4 Å². The first-order valence-electron chi connectivity index (χ1n) is 5.59. The Kier molecular flexibility index (Phi) is 4.60. The molecule has 0 radical (unpaired) electrons. The van der Waals surface area contributed by atoms with E-state index < -0.39 is 0 Å². The van der Waals surface area contributed by atoms with E-state index in [-0.39, 0.29) is 12.5 Å². The summed E-state index contributed by atoms with van der Waals surface area (Å²) in [5.74, 6) is 0.332. The maximum absolute atomic E-state index is 11.7. The third kappa shape index (κ3) is 4.12. The average molecular weight is 293 g/mol. The number of ether oxygens (including phenoxy) is 1. The van der Waals surface area contributed by atoms with Gasteiger partial charge in [0.2, 0.25) is 0 Å². The Labute approximate surface area is 122 Å². The second-order valence-corrected chi connectivity index (χ2v) is 4.66. The second kappa shape index (κ2) is 6.41. The zero-order valence-corrected chi connectivity index (χ0v) is 11.5. The van der Waals surface area contributed by atoms with E-state index in [1.54, 1.807) is 36.4 Å². The van der Waals surface area contributed by atoms with Crippen molar-refractivity contribution in [3.05, 3.63) is 53.6 Å². The number of rotatable bonds is 4. The summed E-state index contributed by atoms with van der Waals surface area (Å²) in [5.41, 5.74) is 0.613. The Morgan fingerprint density at radius 2 is 1.84 bits per heavy atom. The van der Waals surface area contributed by atoms with E-state index in [2.05, 4.69) is 5.32 Å². The first kappa shape index (κ1) is 13.6. The van der Waals surface area contributed by atoms with Crippen molar-refractivity contribution in [3.63, 3.8) is 0 Å². The molecule has 2 aromatic carbocycles. The molecule has 5 heteroatoms. The van der Waals surface area contributed by atoms with Gasteiger partial charge in [-0.15, -0.1) is 0 Å². The van der Waals surface area contributed by atoms with E-state index in [9.17, 15) is 4.79 Å². The third-order valence-electron chi connectivity index (χ3n) is 2.34. The maximum atomic E-state index is 11.7. The van der Waals surface area contributed by atoms with Crippen LogP contribution in [0.2, 0.25) is 5.02 Å². The topological polar surface area (TPSA) is 38.3 Å². The molecule has 0 aliphatic carbocycles. The van der Waals surface area contributed by atoms with Crippen molar-refractivity contribution in [2.24, 2.45) is 0 Å². The van der Waals surface area contributed by atoms with Gasteiger partial charge in [-0.2, -0.15) is 4.90 Å². The van der Waals surface area contributed by atoms with Crippen LogP contribution in [0.15, 0.2) is 53.4 Å². The van der Waals surface area contributed by atoms with Gasteiger partial charge in [0.05, 0.1) is 0 Å². The van der Waals surface area contributed by atoms with Gasteiger partial charge in [-0.3, -0.25) is 4.79 Å². The highest BCUT2D eigenvalue weighted by molar-refractivity contribution is 7.59. The summed E-state index contributed by atoms with van der Waals surface area (Å²) in [6.07, 6.45) is 0. The summed E-state index contributed by atoms with van der Waals surface area (Å²) in [5, 5.41) is 3.32. The molecule has 0 unspecified atom stereocenters. The lowest BCUT2D eigenvalue weighted by Gasteiger charge is -2.14. The second-order valence-electron chi connectivity index (χ2n) is 3.79. The van der Waals surface area contributed by atoms with Gasteiger partial charge in [-0.25, -0.2) is 0 Å². The van der Waals surface area contributed by atoms with Gasteiger partial charge in [0.15, 0.2) is 6.61 Å². The van der Waals surface area contributed by atoms with Gasteiger partial charge >= 0.3 is 0 Å². The summed E-state index contributed by atoms with van der Waals surface area (Å²) in [4.78, 5) is 12.3. The standard InChI is InChI=1S/C14H12ClNO2S/c15-10-5-7-11(8-6-10)18-9-14(17)16-12-3-1-2-4-13(12)19/h1-8,19H,9H2,(H,16,17)/p-1. The van der Waals surface area contributed by atoms with Crippen molar-refractivity contribution in [1.29, 1.82) is 0 Å². The number of para-hydroxylation sites is 1. The van der Waals surface area contributed by atoms with Crippen LogP contribution in [0.3, 0.4) is 0 Å². The molecule has 0 heterocycles. The summed E-state index contributed by atoms with van der Waals surface area (Å²) in [6, 6.07) is 14.0. The molecular weight excluding hydrogens is 282 g/mol. The number of carbonyl (C=O) groups is 1. The van der Waals surface area contributed by atoms with E-state index >= 15 is 0 Å². The van der Waals surface area contributed by atoms with Gasteiger partial charge in [0, 0.05) is 10.7 Å². The fourth-order valence-electron chi connectivity index (χ4n) is 1.44. The number of benzene rings is 2. The fourth-order valence-corrected chi connectivity index (χ4v) is 1.76. The first-order valence-corrected chi connectivity index (χ1v) is 6.38. The van der Waals surface area contributed by atoms with Crippen LogP contribution in [0.5, 0.6) is 5.75 Å². The van der Waals surface area contributed by atoms with Crippen LogP contribution >= 0.6 is 11.6 Å². The number of amides is 1. The smallest absolute Gasteiger partial charge is 0.262 e. The Bertz CT molecular complexity index is 572. The predicted octanol–water partition coefficient (Wildman–Crippen LogP) is 3.26. The zero-order chi connectivity index (χ0) is 13.7. The number of hydrogen-bond donors (Lipinski definition) is 1. The van der Waals surface area contributed by atoms with Gasteiger partial charge < -0.3 is 22.7 Å². The molecule has 19 heavy (non-hydrogen) atoms. The minimum Gasteiger partial charge on any atom is -0.778 e. The van der Waals surface area contributed by atoms with Gasteiger partial charge in [-0.05, 0) is 30.3 Å². The Hall–Kier alpha value is -1.78. The monoisotopic (exact) mass is 292 g/mol. The SMILES string of the molecule is O=C(COc1ccc(Cl)cc1)Nc1ccccc1[S-]. The van der Waals surface area contributed by atoms with Gasteiger partial charge in [-0.1, -0.05) is 29.8 Å². The summed E-state index contributed by atoms with van der Waals surface area (Å²) in [6.45, 7) is -0.0781. The Morgan fingerprint density at radius 3 is 2.53 bits per heavy atom. The lowest BCUT2D eigenvalue weighted by Crippen LogP contribution is -2.20. The molecule has 2 aromatic rings. The van der Waals surface area contributed by atoms with Crippen molar-refractivity contribution >= 4 is 35.8 Å². The fraction of sp³-hybridized carbons (Fsp3) is 0.0714. The lowest BCUT2D eigenvalue weighted by atomic mass is 10.3. The molecule has 0 saturated heterocycles. The highest BCUT2D eigenvalue weighted by Gasteiger charge is 2.03. The molecule has 0 bridgehead atoms. The molecule has 0 aliphatic rings. The van der Waals surface area contributed by atoms with Gasteiger partial charge in [0.25, 0.3) is 5.91 Å². The van der Waals surface area contributed by atoms with Crippen LogP contribution in [0, 0.1) is 0 Å². The molecule has 0 fully saturated rings. The van der Waals surface area contributed by atoms with E-state index in [0.29, 0.717) is 21.4 Å². The highest BCUT2D eigenvalue weighted by atomic mass is 35.5.